The topological polar surface area (TPSA) is 68.7 Å². The number of hydrogen-bond donors (Lipinski definition) is 0. The number of nitrogens with zero attached hydrogens (tertiary/aromatic N) is 2. The van der Waals surface area contributed by atoms with Crippen LogP contribution in [-0.2, 0) is 16.1 Å². The molecule has 0 saturated heterocycles. The summed E-state index contributed by atoms with van der Waals surface area (Å²) >= 11 is 0. The zero-order valence-corrected chi connectivity index (χ0v) is 23.9. The maximum Gasteiger partial charge on any atom is 0.337 e. The molecule has 0 aliphatic rings. The summed E-state index contributed by atoms with van der Waals surface area (Å²) in [6.45, 7) is 10.5. The van der Waals surface area contributed by atoms with E-state index in [1.165, 1.54) is 7.11 Å². The van der Waals surface area contributed by atoms with Gasteiger partial charge in [0.1, 0.15) is 11.6 Å². The van der Waals surface area contributed by atoms with Crippen molar-refractivity contribution >= 4 is 28.5 Å². The van der Waals surface area contributed by atoms with Gasteiger partial charge in [0, 0.05) is 23.6 Å². The summed E-state index contributed by atoms with van der Waals surface area (Å²) in [4.78, 5) is 32.0. The zero-order valence-electron chi connectivity index (χ0n) is 23.9. The number of rotatable bonds is 7. The van der Waals surface area contributed by atoms with Crippen LogP contribution in [0.25, 0.3) is 21.9 Å². The minimum atomic E-state index is -0.406. The summed E-state index contributed by atoms with van der Waals surface area (Å²) < 4.78 is 10.4. The Morgan fingerprint density at radius 2 is 1.59 bits per heavy atom. The van der Waals surface area contributed by atoms with Crippen LogP contribution in [0.3, 0.4) is 0 Å². The van der Waals surface area contributed by atoms with E-state index in [1.807, 2.05) is 95.3 Å². The highest BCUT2D eigenvalue weighted by Crippen LogP contribution is 2.32. The van der Waals surface area contributed by atoms with Crippen molar-refractivity contribution in [2.75, 3.05) is 19.1 Å². The lowest BCUT2D eigenvalue weighted by atomic mass is 9.91. The number of fused-ring (bicyclic) bond motifs is 1. The molecule has 6 heteroatoms. The lowest BCUT2D eigenvalue weighted by molar-refractivity contribution is -0.120. The Morgan fingerprint density at radius 1 is 0.897 bits per heavy atom. The van der Waals surface area contributed by atoms with E-state index in [9.17, 15) is 9.59 Å². The molecule has 6 nitrogen and oxygen atoms in total. The zero-order chi connectivity index (χ0) is 28.6. The Morgan fingerprint density at radius 3 is 2.23 bits per heavy atom. The van der Waals surface area contributed by atoms with Crippen LogP contribution >= 0.6 is 0 Å². The first-order valence-corrected chi connectivity index (χ1v) is 13.2. The Kier molecular flexibility index (Phi) is 9.83. The van der Waals surface area contributed by atoms with Gasteiger partial charge in [-0.25, -0.2) is 9.78 Å². The minimum absolute atomic E-state index is 0.0154. The average molecular weight is 527 g/mol. The largest absolute Gasteiger partial charge is 0.496 e. The third-order valence-corrected chi connectivity index (χ3v) is 6.12. The number of methoxy groups -OCH3 is 2. The fraction of sp³-hybridized carbons (Fsp3) is 0.303. The summed E-state index contributed by atoms with van der Waals surface area (Å²) in [7, 11) is 3.02. The average Bonchev–Trinajstić information content (AvgIpc) is 2.95. The molecule has 1 aromatic heterocycles. The highest BCUT2D eigenvalue weighted by molar-refractivity contribution is 6.04. The number of ether oxygens (including phenoxy) is 2. The molecule has 39 heavy (non-hydrogen) atoms. The minimum Gasteiger partial charge on any atom is -0.496 e. The van der Waals surface area contributed by atoms with Gasteiger partial charge in [-0.15, -0.1) is 0 Å². The van der Waals surface area contributed by atoms with E-state index in [2.05, 4.69) is 4.98 Å². The van der Waals surface area contributed by atoms with Crippen LogP contribution in [0, 0.1) is 5.41 Å². The summed E-state index contributed by atoms with van der Waals surface area (Å²) in [5.74, 6) is 0.954. The molecule has 0 aliphatic heterocycles. The van der Waals surface area contributed by atoms with E-state index in [4.69, 9.17) is 9.47 Å². The monoisotopic (exact) mass is 526 g/mol. The summed E-state index contributed by atoms with van der Waals surface area (Å²) in [5.41, 5.74) is 3.28. The molecule has 0 unspecified atom stereocenters. The molecule has 0 atom stereocenters. The van der Waals surface area contributed by atoms with E-state index in [0.29, 0.717) is 24.3 Å². The van der Waals surface area contributed by atoms with Gasteiger partial charge < -0.3 is 9.47 Å². The molecule has 4 aromatic rings. The second kappa shape index (κ2) is 13.1. The van der Waals surface area contributed by atoms with Crippen molar-refractivity contribution in [1.29, 1.82) is 0 Å². The Labute approximate surface area is 231 Å². The highest BCUT2D eigenvalue weighted by Gasteiger charge is 2.25. The molecule has 0 saturated carbocycles. The molecule has 0 bridgehead atoms. The lowest BCUT2D eigenvalue weighted by Crippen LogP contribution is -2.34. The number of pyridine rings is 1. The van der Waals surface area contributed by atoms with Gasteiger partial charge in [-0.3, -0.25) is 9.69 Å². The summed E-state index contributed by atoms with van der Waals surface area (Å²) in [6, 6.07) is 23.2. The first kappa shape index (κ1) is 29.4. The molecule has 0 spiro atoms. The van der Waals surface area contributed by atoms with Crippen molar-refractivity contribution in [3.05, 3.63) is 90.1 Å². The second-order valence-electron chi connectivity index (χ2n) is 10.2. The predicted molar refractivity (Wildman–Crippen MR) is 158 cm³/mol. The van der Waals surface area contributed by atoms with Crippen molar-refractivity contribution in [2.45, 2.75) is 47.6 Å². The highest BCUT2D eigenvalue weighted by atomic mass is 16.5. The maximum absolute atomic E-state index is 13.6. The number of hydrogen-bond acceptors (Lipinski definition) is 5. The Bertz CT molecular complexity index is 1420. The quantitative estimate of drug-likeness (QED) is 0.231. The van der Waals surface area contributed by atoms with Gasteiger partial charge in [0.05, 0.1) is 26.3 Å². The Hall–Kier alpha value is -4.19. The lowest BCUT2D eigenvalue weighted by Gasteiger charge is -2.27. The first-order valence-electron chi connectivity index (χ1n) is 13.2. The first-order chi connectivity index (χ1) is 18.7. The summed E-state index contributed by atoms with van der Waals surface area (Å²) in [6.07, 6.45) is 2.03. The van der Waals surface area contributed by atoms with Gasteiger partial charge in [0.15, 0.2) is 0 Å². The van der Waals surface area contributed by atoms with Gasteiger partial charge in [-0.05, 0) is 52.3 Å². The van der Waals surface area contributed by atoms with Crippen molar-refractivity contribution < 1.29 is 19.1 Å². The Balaban J connectivity index is 0.00000205. The second-order valence-corrected chi connectivity index (χ2v) is 10.2. The number of benzene rings is 3. The maximum atomic E-state index is 13.6. The van der Waals surface area contributed by atoms with E-state index in [1.54, 1.807) is 30.3 Å². The SMILES string of the molecule is CC.COC(=O)c1ccc2c(N(Cc3ccc(-c4ccccc4OC)cc3)C(=O)CC(C)(C)C)nccc2c1. The molecular weight excluding hydrogens is 488 g/mol. The summed E-state index contributed by atoms with van der Waals surface area (Å²) in [5, 5.41) is 1.61. The van der Waals surface area contributed by atoms with Crippen molar-refractivity contribution in [2.24, 2.45) is 5.41 Å². The molecule has 0 fully saturated rings. The normalized spacial score (nSPS) is 10.8. The number of amides is 1. The molecule has 1 heterocycles. The number of esters is 1. The van der Waals surface area contributed by atoms with Crippen LogP contribution in [0.4, 0.5) is 5.82 Å². The number of carbonyl (C=O) groups is 2. The van der Waals surface area contributed by atoms with E-state index >= 15 is 0 Å². The number of para-hydroxylation sites is 1. The molecular formula is C33H38N2O4. The number of aromatic nitrogens is 1. The van der Waals surface area contributed by atoms with Crippen LogP contribution in [0.2, 0.25) is 0 Å². The fourth-order valence-corrected chi connectivity index (χ4v) is 4.31. The van der Waals surface area contributed by atoms with E-state index in [0.717, 1.165) is 33.2 Å². The van der Waals surface area contributed by atoms with E-state index in [-0.39, 0.29) is 11.3 Å². The van der Waals surface area contributed by atoms with Gasteiger partial charge in [-0.2, -0.15) is 0 Å². The molecule has 1 amide bonds. The van der Waals surface area contributed by atoms with Gasteiger partial charge in [0.2, 0.25) is 5.91 Å². The smallest absolute Gasteiger partial charge is 0.337 e. The van der Waals surface area contributed by atoms with Gasteiger partial charge in [-0.1, -0.05) is 77.1 Å². The molecule has 0 radical (unpaired) electrons. The molecule has 3 aromatic carbocycles. The van der Waals surface area contributed by atoms with Crippen molar-refractivity contribution in [3.63, 3.8) is 0 Å². The third-order valence-electron chi connectivity index (χ3n) is 6.12. The number of anilines is 1. The van der Waals surface area contributed by atoms with Crippen LogP contribution in [0.1, 0.15) is 57.0 Å². The fourth-order valence-electron chi connectivity index (χ4n) is 4.31. The van der Waals surface area contributed by atoms with Crippen molar-refractivity contribution in [1.82, 2.24) is 4.98 Å². The van der Waals surface area contributed by atoms with Crippen LogP contribution in [0.5, 0.6) is 5.75 Å². The molecule has 0 aliphatic carbocycles. The third kappa shape index (κ3) is 7.23. The standard InChI is InChI=1S/C31H32N2O4.C2H6/c1-31(2,3)19-28(34)33(29-26-15-14-24(30(35)37-5)18-23(26)16-17-32-29)20-21-10-12-22(13-11-21)25-8-6-7-9-27(25)36-4;1-2/h6-18H,19-20H2,1-5H3;1-2H3. The van der Waals surface area contributed by atoms with Crippen LogP contribution in [0.15, 0.2) is 79.0 Å². The van der Waals surface area contributed by atoms with E-state index < -0.39 is 5.97 Å². The van der Waals surface area contributed by atoms with Gasteiger partial charge >= 0.3 is 5.97 Å². The molecule has 4 rings (SSSR count). The van der Waals surface area contributed by atoms with Gasteiger partial charge in [0.25, 0.3) is 0 Å². The number of carbonyl (C=O) groups excluding carboxylic acids is 2. The van der Waals surface area contributed by atoms with Crippen LogP contribution in [-0.4, -0.2) is 31.1 Å². The predicted octanol–water partition coefficient (Wildman–Crippen LogP) is 7.69. The van der Waals surface area contributed by atoms with Crippen LogP contribution < -0.4 is 9.64 Å². The molecule has 0 N–H and O–H groups in total. The molecule has 204 valence electrons. The van der Waals surface area contributed by atoms with Crippen molar-refractivity contribution in [3.8, 4) is 16.9 Å².